The maximum atomic E-state index is 7.26. The molecule has 0 bridgehead atoms. The van der Waals surface area contributed by atoms with Crippen LogP contribution in [-0.4, -0.2) is 5.25 Å². The highest BCUT2D eigenvalue weighted by atomic mass is 32.7. The van der Waals surface area contributed by atoms with E-state index in [2.05, 4.69) is 0 Å². The summed E-state index contributed by atoms with van der Waals surface area (Å²) in [6, 6.07) is 0. The van der Waals surface area contributed by atoms with E-state index >= 15 is 0 Å². The van der Waals surface area contributed by atoms with Crippen molar-refractivity contribution in [2.75, 3.05) is 0 Å². The molecule has 1 aliphatic rings. The summed E-state index contributed by atoms with van der Waals surface area (Å²) in [6.45, 7) is 0. The standard InChI is InChI=1S/C6H15N2PS/c7-9(8)10-6-4-2-1-3-5-6/h6,9H,1-5H2,(H3,7,8). The normalized spacial score (nSPS) is 24.5. The van der Waals surface area contributed by atoms with Gasteiger partial charge in [-0.25, -0.2) is 0 Å². The van der Waals surface area contributed by atoms with Gasteiger partial charge in [0.15, 0.2) is 0 Å². The van der Waals surface area contributed by atoms with E-state index < -0.39 is 7.07 Å². The first-order chi connectivity index (χ1) is 4.79. The molecule has 1 atom stereocenters. The van der Waals surface area contributed by atoms with Gasteiger partial charge in [-0.3, -0.25) is 10.7 Å². The minimum Gasteiger partial charge on any atom is -0.297 e. The van der Waals surface area contributed by atoms with Gasteiger partial charge in [0.2, 0.25) is 0 Å². The number of hydrogen-bond acceptors (Lipinski definition) is 2. The van der Waals surface area contributed by atoms with Crippen LogP contribution in [0.5, 0.6) is 0 Å². The van der Waals surface area contributed by atoms with E-state index in [0.29, 0.717) is 0 Å². The van der Waals surface area contributed by atoms with Gasteiger partial charge in [0.25, 0.3) is 0 Å². The van der Waals surface area contributed by atoms with Crippen molar-refractivity contribution in [2.24, 2.45) is 5.50 Å². The molecule has 4 heteroatoms. The SMILES string of the molecule is N=[PH](N)SC1CCCCC1. The Hall–Kier alpha value is 0.540. The van der Waals surface area contributed by atoms with Crippen molar-refractivity contribution in [1.29, 1.82) is 5.16 Å². The molecular formula is C6H15N2PS. The van der Waals surface area contributed by atoms with Crippen molar-refractivity contribution in [1.82, 2.24) is 0 Å². The Kier molecular flexibility index (Phi) is 3.82. The number of hydrogen-bond donors (Lipinski definition) is 2. The first kappa shape index (κ1) is 8.63. The van der Waals surface area contributed by atoms with Crippen molar-refractivity contribution < 1.29 is 0 Å². The lowest BCUT2D eigenvalue weighted by Gasteiger charge is -2.20. The Bertz CT molecular complexity index is 123. The van der Waals surface area contributed by atoms with E-state index in [-0.39, 0.29) is 0 Å². The van der Waals surface area contributed by atoms with Crippen LogP contribution in [0.1, 0.15) is 32.1 Å². The molecule has 1 unspecified atom stereocenters. The fourth-order valence-corrected chi connectivity index (χ4v) is 4.08. The van der Waals surface area contributed by atoms with E-state index in [9.17, 15) is 0 Å². The van der Waals surface area contributed by atoms with Crippen LogP contribution in [0.2, 0.25) is 0 Å². The van der Waals surface area contributed by atoms with Gasteiger partial charge < -0.3 is 0 Å². The Morgan fingerprint density at radius 2 is 1.90 bits per heavy atom. The molecule has 1 fully saturated rings. The molecule has 1 saturated carbocycles. The molecular weight excluding hydrogens is 163 g/mol. The Balaban J connectivity index is 2.19. The van der Waals surface area contributed by atoms with Crippen LogP contribution in [0.15, 0.2) is 0 Å². The largest absolute Gasteiger partial charge is 0.297 e. The molecule has 10 heavy (non-hydrogen) atoms. The molecule has 2 nitrogen and oxygen atoms in total. The maximum Gasteiger partial charge on any atom is 0.0645 e. The predicted molar refractivity (Wildman–Crippen MR) is 49.7 cm³/mol. The molecule has 0 aliphatic heterocycles. The molecule has 0 aromatic carbocycles. The molecule has 0 aromatic rings. The molecule has 3 N–H and O–H groups in total. The van der Waals surface area contributed by atoms with E-state index in [1.54, 1.807) is 11.4 Å². The highest BCUT2D eigenvalue weighted by Gasteiger charge is 2.13. The zero-order chi connectivity index (χ0) is 7.40. The van der Waals surface area contributed by atoms with Gasteiger partial charge >= 0.3 is 0 Å². The smallest absolute Gasteiger partial charge is 0.0645 e. The van der Waals surface area contributed by atoms with Crippen LogP contribution >= 0.6 is 18.4 Å². The summed E-state index contributed by atoms with van der Waals surface area (Å²) >= 11 is 1.72. The minimum atomic E-state index is -1.27. The summed E-state index contributed by atoms with van der Waals surface area (Å²) < 4.78 is 0. The van der Waals surface area contributed by atoms with Crippen LogP contribution in [0.3, 0.4) is 0 Å². The van der Waals surface area contributed by atoms with Crippen molar-refractivity contribution in [3.05, 3.63) is 0 Å². The van der Waals surface area contributed by atoms with E-state index in [0.717, 1.165) is 5.25 Å². The zero-order valence-corrected chi connectivity index (χ0v) is 7.91. The lowest BCUT2D eigenvalue weighted by molar-refractivity contribution is 0.517. The second-order valence-electron chi connectivity index (χ2n) is 2.74. The first-order valence-corrected chi connectivity index (χ1v) is 6.98. The van der Waals surface area contributed by atoms with Crippen LogP contribution in [0.4, 0.5) is 0 Å². The second-order valence-corrected chi connectivity index (χ2v) is 6.40. The van der Waals surface area contributed by atoms with Gasteiger partial charge in [-0.05, 0) is 12.8 Å². The third-order valence-corrected chi connectivity index (χ3v) is 4.67. The molecule has 0 spiro atoms. The summed E-state index contributed by atoms with van der Waals surface area (Å²) in [5.74, 6) is 0. The summed E-state index contributed by atoms with van der Waals surface area (Å²) in [6.07, 6.45) is 6.70. The van der Waals surface area contributed by atoms with Crippen LogP contribution in [0.25, 0.3) is 0 Å². The fraction of sp³-hybridized carbons (Fsp3) is 1.00. The number of rotatable bonds is 2. The summed E-state index contributed by atoms with van der Waals surface area (Å²) in [5.41, 5.74) is 5.45. The van der Waals surface area contributed by atoms with E-state index in [4.69, 9.17) is 10.7 Å². The average molecular weight is 178 g/mol. The zero-order valence-electron chi connectivity index (χ0n) is 6.10. The van der Waals surface area contributed by atoms with Crippen molar-refractivity contribution >= 4 is 18.4 Å². The first-order valence-electron chi connectivity index (χ1n) is 3.79. The second kappa shape index (κ2) is 4.42. The molecule has 1 aliphatic carbocycles. The molecule has 0 heterocycles. The molecule has 1 rings (SSSR count). The van der Waals surface area contributed by atoms with Crippen LogP contribution in [0, 0.1) is 5.16 Å². The van der Waals surface area contributed by atoms with Gasteiger partial charge in [-0.1, -0.05) is 19.3 Å². The lowest BCUT2D eigenvalue weighted by atomic mass is 10.0. The molecule has 0 radical (unpaired) electrons. The highest BCUT2D eigenvalue weighted by molar-refractivity contribution is 8.51. The van der Waals surface area contributed by atoms with Crippen LogP contribution < -0.4 is 5.50 Å². The summed E-state index contributed by atoms with van der Waals surface area (Å²) in [7, 11) is -1.27. The molecule has 0 aromatic heterocycles. The van der Waals surface area contributed by atoms with Crippen molar-refractivity contribution in [3.63, 3.8) is 0 Å². The molecule has 0 amide bonds. The van der Waals surface area contributed by atoms with Gasteiger partial charge in [0, 0.05) is 5.25 Å². The topological polar surface area (TPSA) is 49.9 Å². The highest BCUT2D eigenvalue weighted by Crippen LogP contribution is 2.40. The summed E-state index contributed by atoms with van der Waals surface area (Å²) in [5, 5.41) is 7.98. The molecule has 60 valence electrons. The van der Waals surface area contributed by atoms with Gasteiger partial charge in [-0.15, -0.1) is 11.4 Å². The van der Waals surface area contributed by atoms with Gasteiger partial charge in [-0.2, -0.15) is 0 Å². The van der Waals surface area contributed by atoms with Crippen molar-refractivity contribution in [3.8, 4) is 0 Å². The third kappa shape index (κ3) is 3.09. The van der Waals surface area contributed by atoms with Crippen LogP contribution in [-0.2, 0) is 0 Å². The number of nitrogens with one attached hydrogen (secondary N) is 1. The number of nitrogens with two attached hydrogens (primary N) is 1. The third-order valence-electron chi connectivity index (χ3n) is 1.85. The van der Waals surface area contributed by atoms with Gasteiger partial charge in [0.05, 0.1) is 7.07 Å². The average Bonchev–Trinajstić information content (AvgIpc) is 1.88. The summed E-state index contributed by atoms with van der Waals surface area (Å²) in [4.78, 5) is 0. The predicted octanol–water partition coefficient (Wildman–Crippen LogP) is 2.82. The Morgan fingerprint density at radius 3 is 2.40 bits per heavy atom. The monoisotopic (exact) mass is 178 g/mol. The Labute approximate surface area is 67.0 Å². The minimum absolute atomic E-state index is 0.727. The Morgan fingerprint density at radius 1 is 1.30 bits per heavy atom. The molecule has 0 saturated heterocycles. The van der Waals surface area contributed by atoms with E-state index in [1.807, 2.05) is 0 Å². The quantitative estimate of drug-likeness (QED) is 0.639. The maximum absolute atomic E-state index is 7.26. The van der Waals surface area contributed by atoms with Crippen molar-refractivity contribution in [2.45, 2.75) is 37.4 Å². The van der Waals surface area contributed by atoms with E-state index in [1.165, 1.54) is 32.1 Å². The fourth-order valence-electron chi connectivity index (χ4n) is 1.36. The van der Waals surface area contributed by atoms with Gasteiger partial charge in [0.1, 0.15) is 0 Å². The lowest BCUT2D eigenvalue weighted by Crippen LogP contribution is -2.06.